The van der Waals surface area contributed by atoms with E-state index in [1.165, 1.54) is 0 Å². The quantitative estimate of drug-likeness (QED) is 0.413. The van der Waals surface area contributed by atoms with Gasteiger partial charge >= 0.3 is 12.4 Å². The van der Waals surface area contributed by atoms with E-state index in [1.807, 2.05) is 4.90 Å². The fourth-order valence-electron chi connectivity index (χ4n) is 4.68. The number of nitrogens with zero attached hydrogens (tertiary/aromatic N) is 2. The Morgan fingerprint density at radius 1 is 0.971 bits per heavy atom. The number of amides is 1. The topological polar surface area (TPSA) is 47.6 Å². The standard InChI is InChI=1S/C23H23ClF6N4O/c24-19-6-2-1-5-18(19)20(34-9-8-33-7-3-4-17(33)13-34)21(35)32-31-16-11-14(22(25,26)27)10-15(12-16)23(28,29)30/h1-2,5-6,10-12,17,20,31H,3-4,7-9,13H2,(H,32,35)/t17-,20?/m1/s1. The minimum Gasteiger partial charge on any atom is -0.299 e. The lowest BCUT2D eigenvalue weighted by atomic mass is 10.0. The summed E-state index contributed by atoms with van der Waals surface area (Å²) in [6.45, 7) is 2.88. The third-order valence-corrected chi connectivity index (χ3v) is 6.69. The van der Waals surface area contributed by atoms with Crippen molar-refractivity contribution in [3.8, 4) is 0 Å². The second-order valence-corrected chi connectivity index (χ2v) is 9.07. The molecular formula is C23H23ClF6N4O. The van der Waals surface area contributed by atoms with Gasteiger partial charge in [-0.2, -0.15) is 26.3 Å². The van der Waals surface area contributed by atoms with Crippen LogP contribution in [0.4, 0.5) is 32.0 Å². The number of hydrogen-bond acceptors (Lipinski definition) is 4. The summed E-state index contributed by atoms with van der Waals surface area (Å²) in [4.78, 5) is 17.6. The monoisotopic (exact) mass is 520 g/mol. The van der Waals surface area contributed by atoms with Crippen LogP contribution in [-0.2, 0) is 17.1 Å². The van der Waals surface area contributed by atoms with E-state index in [2.05, 4.69) is 15.8 Å². The Hall–Kier alpha value is -2.50. The predicted octanol–water partition coefficient (Wildman–Crippen LogP) is 5.34. The van der Waals surface area contributed by atoms with Crippen LogP contribution in [-0.4, -0.2) is 47.9 Å². The summed E-state index contributed by atoms with van der Waals surface area (Å²) < 4.78 is 79.0. The zero-order valence-electron chi connectivity index (χ0n) is 18.4. The molecule has 2 saturated heterocycles. The van der Waals surface area contributed by atoms with Gasteiger partial charge in [0.25, 0.3) is 5.91 Å². The van der Waals surface area contributed by atoms with Gasteiger partial charge in [-0.1, -0.05) is 29.8 Å². The Kier molecular flexibility index (Phi) is 7.21. The highest BCUT2D eigenvalue weighted by atomic mass is 35.5. The highest BCUT2D eigenvalue weighted by molar-refractivity contribution is 6.31. The Balaban J connectivity index is 1.59. The number of rotatable bonds is 5. The molecule has 1 unspecified atom stereocenters. The molecule has 2 aromatic rings. The molecule has 1 amide bonds. The third-order valence-electron chi connectivity index (χ3n) is 6.35. The minimum atomic E-state index is -5.00. The van der Waals surface area contributed by atoms with Crippen LogP contribution in [0, 0.1) is 0 Å². The molecule has 0 saturated carbocycles. The number of fused-ring (bicyclic) bond motifs is 1. The largest absolute Gasteiger partial charge is 0.416 e. The number of carbonyl (C=O) groups is 1. The predicted molar refractivity (Wildman–Crippen MR) is 119 cm³/mol. The fourth-order valence-corrected chi connectivity index (χ4v) is 4.92. The van der Waals surface area contributed by atoms with Crippen LogP contribution in [0.5, 0.6) is 0 Å². The fraction of sp³-hybridized carbons (Fsp3) is 0.435. The third kappa shape index (κ3) is 5.84. The number of benzene rings is 2. The van der Waals surface area contributed by atoms with Crippen LogP contribution < -0.4 is 10.9 Å². The first-order valence-corrected chi connectivity index (χ1v) is 11.4. The SMILES string of the molecule is O=C(NNc1cc(C(F)(F)F)cc(C(F)(F)F)c1)C(c1ccccc1Cl)N1CCN2CCC[C@@H]2C1. The van der Waals surface area contributed by atoms with Crippen molar-refractivity contribution in [2.75, 3.05) is 31.6 Å². The molecule has 5 nitrogen and oxygen atoms in total. The van der Waals surface area contributed by atoms with Crippen molar-refractivity contribution >= 4 is 23.2 Å². The van der Waals surface area contributed by atoms with E-state index in [0.29, 0.717) is 35.8 Å². The van der Waals surface area contributed by atoms with E-state index in [9.17, 15) is 31.1 Å². The van der Waals surface area contributed by atoms with Gasteiger partial charge in [-0.15, -0.1) is 0 Å². The molecule has 2 heterocycles. The van der Waals surface area contributed by atoms with Crippen LogP contribution in [0.25, 0.3) is 0 Å². The van der Waals surface area contributed by atoms with E-state index in [0.717, 1.165) is 25.9 Å². The smallest absolute Gasteiger partial charge is 0.299 e. The molecule has 0 bridgehead atoms. The first kappa shape index (κ1) is 25.6. The molecule has 2 atom stereocenters. The number of anilines is 1. The molecule has 190 valence electrons. The summed E-state index contributed by atoms with van der Waals surface area (Å²) in [5.74, 6) is -0.643. The number of hydrazine groups is 1. The van der Waals surface area contributed by atoms with Crippen molar-refractivity contribution < 1.29 is 31.1 Å². The van der Waals surface area contributed by atoms with Gasteiger partial charge < -0.3 is 0 Å². The van der Waals surface area contributed by atoms with Gasteiger partial charge in [0, 0.05) is 30.7 Å². The molecule has 0 radical (unpaired) electrons. The van der Waals surface area contributed by atoms with Crippen molar-refractivity contribution in [2.45, 2.75) is 37.3 Å². The molecular weight excluding hydrogens is 498 g/mol. The molecule has 2 aromatic carbocycles. The van der Waals surface area contributed by atoms with E-state index in [-0.39, 0.29) is 12.1 Å². The molecule has 0 aromatic heterocycles. The number of halogens is 7. The van der Waals surface area contributed by atoms with Crippen molar-refractivity contribution in [3.05, 3.63) is 64.2 Å². The maximum absolute atomic E-state index is 13.3. The molecule has 4 rings (SSSR count). The second kappa shape index (κ2) is 9.87. The number of hydrogen-bond donors (Lipinski definition) is 2. The van der Waals surface area contributed by atoms with Crippen LogP contribution >= 0.6 is 11.6 Å². The zero-order valence-corrected chi connectivity index (χ0v) is 19.1. The van der Waals surface area contributed by atoms with Crippen molar-refractivity contribution in [1.82, 2.24) is 15.2 Å². The number of alkyl halides is 6. The Morgan fingerprint density at radius 2 is 1.63 bits per heavy atom. The Labute approximate surface area is 203 Å². The molecule has 2 N–H and O–H groups in total. The van der Waals surface area contributed by atoms with Crippen molar-refractivity contribution in [2.24, 2.45) is 0 Å². The van der Waals surface area contributed by atoms with E-state index in [4.69, 9.17) is 11.6 Å². The summed E-state index contributed by atoms with van der Waals surface area (Å²) in [7, 11) is 0. The van der Waals surface area contributed by atoms with Gasteiger partial charge in [0.05, 0.1) is 16.8 Å². The lowest BCUT2D eigenvalue weighted by molar-refractivity contribution is -0.143. The zero-order chi connectivity index (χ0) is 25.4. The van der Waals surface area contributed by atoms with Crippen LogP contribution in [0.2, 0.25) is 5.02 Å². The second-order valence-electron chi connectivity index (χ2n) is 8.66. The summed E-state index contributed by atoms with van der Waals surface area (Å²) in [6.07, 6.45) is -7.96. The van der Waals surface area contributed by atoms with Crippen molar-refractivity contribution in [3.63, 3.8) is 0 Å². The first-order valence-electron chi connectivity index (χ1n) is 11.0. The Morgan fingerprint density at radius 3 is 2.26 bits per heavy atom. The van der Waals surface area contributed by atoms with Crippen LogP contribution in [0.3, 0.4) is 0 Å². The first-order chi connectivity index (χ1) is 16.4. The van der Waals surface area contributed by atoms with Gasteiger partial charge in [0.2, 0.25) is 0 Å². The summed E-state index contributed by atoms with van der Waals surface area (Å²) in [5.41, 5.74) is 1.54. The van der Waals surface area contributed by atoms with Gasteiger partial charge in [-0.3, -0.25) is 25.4 Å². The van der Waals surface area contributed by atoms with Gasteiger partial charge in [0.1, 0.15) is 6.04 Å². The molecule has 12 heteroatoms. The highest BCUT2D eigenvalue weighted by Gasteiger charge is 2.39. The number of carbonyl (C=O) groups excluding carboxylic acids is 1. The molecule has 0 spiro atoms. The molecule has 2 aliphatic rings. The van der Waals surface area contributed by atoms with Gasteiger partial charge in [-0.05, 0) is 49.2 Å². The molecule has 2 aliphatic heterocycles. The minimum absolute atomic E-state index is 0.0284. The summed E-state index contributed by atoms with van der Waals surface area (Å²) in [6, 6.07) is 7.16. The maximum atomic E-state index is 13.3. The lowest BCUT2D eigenvalue weighted by Gasteiger charge is -2.41. The highest BCUT2D eigenvalue weighted by Crippen LogP contribution is 2.38. The average Bonchev–Trinajstić information content (AvgIpc) is 3.26. The summed E-state index contributed by atoms with van der Waals surface area (Å²) in [5, 5.41) is 0.333. The Bertz CT molecular complexity index is 1040. The van der Waals surface area contributed by atoms with E-state index in [1.54, 1.807) is 24.3 Å². The molecule has 2 fully saturated rings. The van der Waals surface area contributed by atoms with Crippen LogP contribution in [0.15, 0.2) is 42.5 Å². The normalized spacial score (nSPS) is 20.4. The average molecular weight is 521 g/mol. The lowest BCUT2D eigenvalue weighted by Crippen LogP contribution is -2.54. The summed E-state index contributed by atoms with van der Waals surface area (Å²) >= 11 is 6.37. The van der Waals surface area contributed by atoms with E-state index < -0.39 is 41.1 Å². The van der Waals surface area contributed by atoms with Gasteiger partial charge in [0.15, 0.2) is 0 Å². The number of nitrogens with one attached hydrogen (secondary N) is 2. The maximum Gasteiger partial charge on any atom is 0.416 e. The number of piperazine rings is 1. The van der Waals surface area contributed by atoms with Crippen LogP contribution in [0.1, 0.15) is 35.6 Å². The van der Waals surface area contributed by atoms with E-state index >= 15 is 0 Å². The van der Waals surface area contributed by atoms with Gasteiger partial charge in [-0.25, -0.2) is 0 Å². The molecule has 0 aliphatic carbocycles. The van der Waals surface area contributed by atoms with Crippen molar-refractivity contribution in [1.29, 1.82) is 0 Å². The molecule has 35 heavy (non-hydrogen) atoms.